The molecular formula is C13H16N2O4S2. The van der Waals surface area contributed by atoms with Crippen LogP contribution in [0.1, 0.15) is 39.6 Å². The first-order valence-corrected chi connectivity index (χ1v) is 8.58. The maximum absolute atomic E-state index is 12.5. The summed E-state index contributed by atoms with van der Waals surface area (Å²) in [6.45, 7) is 4.78. The lowest BCUT2D eigenvalue weighted by molar-refractivity contribution is 0.0690. The van der Waals surface area contributed by atoms with Crippen LogP contribution in [0.2, 0.25) is 0 Å². The Labute approximate surface area is 126 Å². The highest BCUT2D eigenvalue weighted by Gasteiger charge is 2.28. The second-order valence-corrected chi connectivity index (χ2v) is 7.37. The summed E-state index contributed by atoms with van der Waals surface area (Å²) < 4.78 is 27.6. The first kappa shape index (κ1) is 15.7. The number of thiophene rings is 1. The third-order valence-corrected chi connectivity index (χ3v) is 6.02. The Morgan fingerprint density at radius 3 is 2.57 bits per heavy atom. The van der Waals surface area contributed by atoms with E-state index in [9.17, 15) is 13.2 Å². The highest BCUT2D eigenvalue weighted by Crippen LogP contribution is 2.26. The molecule has 3 N–H and O–H groups in total. The number of aromatic carboxylic acids is 1. The predicted molar refractivity (Wildman–Crippen MR) is 80.3 cm³/mol. The molecule has 0 aromatic carbocycles. The molecule has 21 heavy (non-hydrogen) atoms. The molecule has 0 spiro atoms. The van der Waals surface area contributed by atoms with Crippen LogP contribution in [0.25, 0.3) is 0 Å². The van der Waals surface area contributed by atoms with Crippen molar-refractivity contribution in [2.24, 2.45) is 0 Å². The third-order valence-electron chi connectivity index (χ3n) is 3.15. The Hall–Kier alpha value is -1.64. The second-order valence-electron chi connectivity index (χ2n) is 4.74. The molecule has 8 heteroatoms. The molecular weight excluding hydrogens is 312 g/mol. The molecule has 1 atom stereocenters. The number of nitrogens with one attached hydrogen (secondary N) is 2. The number of sulfonamides is 1. The normalized spacial score (nSPS) is 13.3. The van der Waals surface area contributed by atoms with Gasteiger partial charge in [0.1, 0.15) is 10.6 Å². The predicted octanol–water partition coefficient (Wildman–Crippen LogP) is 2.43. The van der Waals surface area contributed by atoms with Crippen LogP contribution in [0.4, 0.5) is 0 Å². The number of aromatic nitrogens is 1. The summed E-state index contributed by atoms with van der Waals surface area (Å²) in [6, 6.07) is 3.31. The van der Waals surface area contributed by atoms with Crippen molar-refractivity contribution < 1.29 is 18.3 Å². The maximum atomic E-state index is 12.5. The number of hydrogen-bond donors (Lipinski definition) is 3. The minimum Gasteiger partial charge on any atom is -0.477 e. The average Bonchev–Trinajstić information content (AvgIpc) is 2.96. The van der Waals surface area contributed by atoms with Gasteiger partial charge in [-0.1, -0.05) is 6.07 Å². The van der Waals surface area contributed by atoms with Gasteiger partial charge in [0.05, 0.1) is 6.04 Å². The van der Waals surface area contributed by atoms with E-state index in [4.69, 9.17) is 5.11 Å². The SMILES string of the molecule is Cc1[nH]c(C(=O)O)c(C)c1S(=O)(=O)N[C@H](C)c1cccs1. The van der Waals surface area contributed by atoms with Crippen LogP contribution in [-0.2, 0) is 10.0 Å². The smallest absolute Gasteiger partial charge is 0.352 e. The molecule has 0 saturated carbocycles. The van der Waals surface area contributed by atoms with E-state index in [1.807, 2.05) is 17.5 Å². The van der Waals surface area contributed by atoms with Crippen molar-refractivity contribution in [2.75, 3.05) is 0 Å². The highest BCUT2D eigenvalue weighted by atomic mass is 32.2. The molecule has 0 aliphatic rings. The average molecular weight is 328 g/mol. The number of hydrogen-bond acceptors (Lipinski definition) is 4. The molecule has 6 nitrogen and oxygen atoms in total. The molecule has 0 bridgehead atoms. The number of rotatable bonds is 5. The lowest BCUT2D eigenvalue weighted by Gasteiger charge is -2.13. The molecule has 2 rings (SSSR count). The van der Waals surface area contributed by atoms with E-state index in [2.05, 4.69) is 9.71 Å². The van der Waals surface area contributed by atoms with E-state index in [-0.39, 0.29) is 22.2 Å². The van der Waals surface area contributed by atoms with Crippen molar-refractivity contribution in [3.63, 3.8) is 0 Å². The second kappa shape index (κ2) is 5.63. The van der Waals surface area contributed by atoms with Gasteiger partial charge < -0.3 is 10.1 Å². The molecule has 2 heterocycles. The van der Waals surface area contributed by atoms with Gasteiger partial charge in [-0.3, -0.25) is 0 Å². The first-order valence-electron chi connectivity index (χ1n) is 6.22. The van der Waals surface area contributed by atoms with E-state index < -0.39 is 16.0 Å². The van der Waals surface area contributed by atoms with Crippen LogP contribution in [0.15, 0.2) is 22.4 Å². The largest absolute Gasteiger partial charge is 0.477 e. The van der Waals surface area contributed by atoms with E-state index in [1.165, 1.54) is 18.3 Å². The summed E-state index contributed by atoms with van der Waals surface area (Å²) in [5.74, 6) is -1.18. The van der Waals surface area contributed by atoms with E-state index in [0.717, 1.165) is 4.88 Å². The molecule has 0 radical (unpaired) electrons. The Kier molecular flexibility index (Phi) is 4.22. The fourth-order valence-electron chi connectivity index (χ4n) is 2.24. The molecule has 0 saturated heterocycles. The minimum atomic E-state index is -3.80. The zero-order valence-corrected chi connectivity index (χ0v) is 13.4. The van der Waals surface area contributed by atoms with Crippen LogP contribution in [0.5, 0.6) is 0 Å². The molecule has 0 aliphatic heterocycles. The number of H-pyrrole nitrogens is 1. The monoisotopic (exact) mass is 328 g/mol. The standard InChI is InChI=1S/C13H16N2O4S2/c1-7-11(13(16)17)14-9(3)12(7)21(18,19)15-8(2)10-5-4-6-20-10/h4-6,8,14-15H,1-3H3,(H,16,17)/t8-/m1/s1. The van der Waals surface area contributed by atoms with Crippen LogP contribution < -0.4 is 4.72 Å². The minimum absolute atomic E-state index is 0.00306. The van der Waals surface area contributed by atoms with E-state index in [1.54, 1.807) is 13.8 Å². The molecule has 114 valence electrons. The molecule has 0 aliphatic carbocycles. The summed E-state index contributed by atoms with van der Waals surface area (Å²) >= 11 is 1.46. The number of carbonyl (C=O) groups is 1. The van der Waals surface area contributed by atoms with Gasteiger partial charge in [0.15, 0.2) is 0 Å². The lowest BCUT2D eigenvalue weighted by Crippen LogP contribution is -2.27. The zero-order valence-electron chi connectivity index (χ0n) is 11.8. The molecule has 0 fully saturated rings. The van der Waals surface area contributed by atoms with Gasteiger partial charge in [-0.25, -0.2) is 17.9 Å². The fraction of sp³-hybridized carbons (Fsp3) is 0.308. The van der Waals surface area contributed by atoms with Crippen molar-refractivity contribution >= 4 is 27.3 Å². The van der Waals surface area contributed by atoms with E-state index in [0.29, 0.717) is 5.69 Å². The van der Waals surface area contributed by atoms with Crippen LogP contribution >= 0.6 is 11.3 Å². The molecule has 2 aromatic rings. The number of carboxylic acids is 1. The van der Waals surface area contributed by atoms with Crippen LogP contribution in [-0.4, -0.2) is 24.5 Å². The first-order chi connectivity index (χ1) is 9.74. The Bertz CT molecular complexity index is 760. The third kappa shape index (κ3) is 3.02. The van der Waals surface area contributed by atoms with Gasteiger partial charge in [-0.2, -0.15) is 0 Å². The topological polar surface area (TPSA) is 99.3 Å². The van der Waals surface area contributed by atoms with Crippen molar-refractivity contribution in [2.45, 2.75) is 31.7 Å². The molecule has 0 unspecified atom stereocenters. The van der Waals surface area contributed by atoms with Crippen LogP contribution in [0, 0.1) is 13.8 Å². The van der Waals surface area contributed by atoms with Crippen molar-refractivity contribution in [1.29, 1.82) is 0 Å². The number of aromatic amines is 1. The Morgan fingerprint density at radius 1 is 1.43 bits per heavy atom. The number of carboxylic acid groups (broad SMARTS) is 1. The fourth-order valence-corrected chi connectivity index (χ4v) is 4.72. The summed E-state index contributed by atoms with van der Waals surface area (Å²) in [5, 5.41) is 10.9. The van der Waals surface area contributed by atoms with Crippen molar-refractivity contribution in [3.8, 4) is 0 Å². The maximum Gasteiger partial charge on any atom is 0.352 e. The lowest BCUT2D eigenvalue weighted by atomic mass is 10.2. The quantitative estimate of drug-likeness (QED) is 0.785. The van der Waals surface area contributed by atoms with E-state index >= 15 is 0 Å². The van der Waals surface area contributed by atoms with Crippen molar-refractivity contribution in [1.82, 2.24) is 9.71 Å². The zero-order chi connectivity index (χ0) is 15.8. The van der Waals surface area contributed by atoms with Gasteiger partial charge in [-0.15, -0.1) is 11.3 Å². The Balaban J connectivity index is 2.39. The van der Waals surface area contributed by atoms with Crippen LogP contribution in [0.3, 0.4) is 0 Å². The summed E-state index contributed by atoms with van der Waals surface area (Å²) in [6.07, 6.45) is 0. The van der Waals surface area contributed by atoms with Gasteiger partial charge in [-0.05, 0) is 32.2 Å². The van der Waals surface area contributed by atoms with Crippen molar-refractivity contribution in [3.05, 3.63) is 39.3 Å². The molecule has 0 amide bonds. The molecule has 2 aromatic heterocycles. The Morgan fingerprint density at radius 2 is 2.10 bits per heavy atom. The summed E-state index contributed by atoms with van der Waals surface area (Å²) in [5.41, 5.74) is 0.429. The summed E-state index contributed by atoms with van der Waals surface area (Å²) in [4.78, 5) is 14.6. The van der Waals surface area contributed by atoms with Gasteiger partial charge >= 0.3 is 5.97 Å². The number of aryl methyl sites for hydroxylation is 1. The highest BCUT2D eigenvalue weighted by molar-refractivity contribution is 7.89. The van der Waals surface area contributed by atoms with Gasteiger partial charge in [0.25, 0.3) is 0 Å². The summed E-state index contributed by atoms with van der Waals surface area (Å²) in [7, 11) is -3.80. The van der Waals surface area contributed by atoms with Gasteiger partial charge in [0.2, 0.25) is 10.0 Å². The van der Waals surface area contributed by atoms with Gasteiger partial charge in [0, 0.05) is 16.1 Å².